The van der Waals surface area contributed by atoms with E-state index in [0.717, 1.165) is 34.4 Å². The van der Waals surface area contributed by atoms with Gasteiger partial charge >= 0.3 is 0 Å². The molecule has 21 heavy (non-hydrogen) atoms. The molecule has 0 heterocycles. The Balaban J connectivity index is 2.12. The van der Waals surface area contributed by atoms with Crippen LogP contribution in [0.2, 0.25) is 0 Å². The van der Waals surface area contributed by atoms with Crippen LogP contribution in [0.1, 0.15) is 24.5 Å². The lowest BCUT2D eigenvalue weighted by atomic mass is 10.1. The van der Waals surface area contributed by atoms with E-state index in [1.54, 1.807) is 0 Å². The van der Waals surface area contributed by atoms with Gasteiger partial charge in [0, 0.05) is 10.1 Å². The van der Waals surface area contributed by atoms with Crippen LogP contribution in [0.4, 0.5) is 0 Å². The first-order chi connectivity index (χ1) is 10.2. The molecule has 0 fully saturated rings. The Bertz CT molecular complexity index is 632. The van der Waals surface area contributed by atoms with E-state index in [1.807, 2.05) is 42.5 Å². The van der Waals surface area contributed by atoms with Gasteiger partial charge in [-0.2, -0.15) is 5.26 Å². The van der Waals surface area contributed by atoms with Crippen LogP contribution < -0.4 is 10.1 Å². The quantitative estimate of drug-likeness (QED) is 0.584. The van der Waals surface area contributed by atoms with Crippen LogP contribution in [-0.2, 0) is 6.54 Å². The number of halogens is 1. The lowest BCUT2D eigenvalue weighted by Gasteiger charge is -2.09. The summed E-state index contributed by atoms with van der Waals surface area (Å²) in [6, 6.07) is 15.7. The van der Waals surface area contributed by atoms with Gasteiger partial charge in [0.1, 0.15) is 17.6 Å². The standard InChI is InChI=1S/C17H17IN2O/c1-2-9-20-12-13-3-8-17(14(10-13)11-19)21-16-6-4-15(18)5-7-16/h3-8,10,20H,2,9,12H2,1H3. The molecule has 0 saturated heterocycles. The molecule has 2 aromatic carbocycles. The molecule has 1 N–H and O–H groups in total. The molecule has 2 rings (SSSR count). The number of nitrogens with zero attached hydrogens (tertiary/aromatic N) is 1. The largest absolute Gasteiger partial charge is 0.456 e. The smallest absolute Gasteiger partial charge is 0.145 e. The van der Waals surface area contributed by atoms with Gasteiger partial charge in [-0.25, -0.2) is 0 Å². The SMILES string of the molecule is CCCNCc1ccc(Oc2ccc(I)cc2)c(C#N)c1. The predicted octanol–water partition coefficient (Wildman–Crippen LogP) is 4.45. The highest BCUT2D eigenvalue weighted by atomic mass is 127. The highest BCUT2D eigenvalue weighted by molar-refractivity contribution is 14.1. The van der Waals surface area contributed by atoms with Crippen molar-refractivity contribution in [2.75, 3.05) is 6.54 Å². The Morgan fingerprint density at radius 2 is 1.95 bits per heavy atom. The summed E-state index contributed by atoms with van der Waals surface area (Å²) in [5, 5.41) is 12.6. The number of ether oxygens (including phenoxy) is 1. The molecule has 0 aliphatic rings. The fraction of sp³-hybridized carbons (Fsp3) is 0.235. The van der Waals surface area contributed by atoms with E-state index in [1.165, 1.54) is 0 Å². The van der Waals surface area contributed by atoms with Crippen LogP contribution >= 0.6 is 22.6 Å². The van der Waals surface area contributed by atoms with Crippen molar-refractivity contribution in [1.82, 2.24) is 5.32 Å². The number of hydrogen-bond donors (Lipinski definition) is 1. The van der Waals surface area contributed by atoms with Crippen molar-refractivity contribution < 1.29 is 4.74 Å². The molecule has 0 atom stereocenters. The second kappa shape index (κ2) is 8.01. The molecule has 0 aliphatic heterocycles. The summed E-state index contributed by atoms with van der Waals surface area (Å²) in [6.07, 6.45) is 1.10. The summed E-state index contributed by atoms with van der Waals surface area (Å²) in [6.45, 7) is 3.88. The average molecular weight is 392 g/mol. The normalized spacial score (nSPS) is 10.1. The Morgan fingerprint density at radius 1 is 1.19 bits per heavy atom. The molecule has 0 amide bonds. The minimum absolute atomic E-state index is 0.560. The van der Waals surface area contributed by atoms with E-state index in [9.17, 15) is 5.26 Å². The van der Waals surface area contributed by atoms with Crippen LogP contribution in [0.3, 0.4) is 0 Å². The molecule has 0 saturated carbocycles. The first-order valence-corrected chi connectivity index (χ1v) is 7.98. The van der Waals surface area contributed by atoms with Crippen LogP contribution in [0.15, 0.2) is 42.5 Å². The zero-order chi connectivity index (χ0) is 15.1. The third-order valence-corrected chi connectivity index (χ3v) is 3.68. The van der Waals surface area contributed by atoms with E-state index in [0.29, 0.717) is 11.3 Å². The monoisotopic (exact) mass is 392 g/mol. The Morgan fingerprint density at radius 3 is 2.62 bits per heavy atom. The van der Waals surface area contributed by atoms with Gasteiger partial charge in [-0.05, 0) is 77.5 Å². The summed E-state index contributed by atoms with van der Waals surface area (Å²) in [7, 11) is 0. The van der Waals surface area contributed by atoms with Crippen LogP contribution in [0.25, 0.3) is 0 Å². The Kier molecular flexibility index (Phi) is 6.03. The Labute approximate surface area is 139 Å². The first-order valence-electron chi connectivity index (χ1n) is 6.90. The second-order valence-electron chi connectivity index (χ2n) is 4.68. The Hall–Kier alpha value is -1.58. The minimum atomic E-state index is 0.560. The lowest BCUT2D eigenvalue weighted by Crippen LogP contribution is -2.13. The van der Waals surface area contributed by atoms with Gasteiger partial charge in [0.25, 0.3) is 0 Å². The van der Waals surface area contributed by atoms with Crippen molar-refractivity contribution >= 4 is 22.6 Å². The maximum atomic E-state index is 9.28. The van der Waals surface area contributed by atoms with Gasteiger partial charge < -0.3 is 10.1 Å². The molecule has 0 spiro atoms. The molecular formula is C17H17IN2O. The van der Waals surface area contributed by atoms with Gasteiger partial charge in [-0.3, -0.25) is 0 Å². The molecule has 3 nitrogen and oxygen atoms in total. The molecule has 0 radical (unpaired) electrons. The van der Waals surface area contributed by atoms with Crippen LogP contribution in [-0.4, -0.2) is 6.54 Å². The van der Waals surface area contributed by atoms with E-state index in [-0.39, 0.29) is 0 Å². The predicted molar refractivity (Wildman–Crippen MR) is 92.4 cm³/mol. The third-order valence-electron chi connectivity index (χ3n) is 2.96. The number of benzene rings is 2. The molecular weight excluding hydrogens is 375 g/mol. The molecule has 0 aliphatic carbocycles. The maximum Gasteiger partial charge on any atom is 0.145 e. The van der Waals surface area contributed by atoms with Gasteiger partial charge in [-0.15, -0.1) is 0 Å². The van der Waals surface area contributed by atoms with Crippen molar-refractivity contribution in [3.05, 3.63) is 57.2 Å². The van der Waals surface area contributed by atoms with Crippen molar-refractivity contribution in [2.45, 2.75) is 19.9 Å². The van der Waals surface area contributed by atoms with Crippen molar-refractivity contribution in [3.63, 3.8) is 0 Å². The van der Waals surface area contributed by atoms with Crippen molar-refractivity contribution in [1.29, 1.82) is 5.26 Å². The molecule has 0 unspecified atom stereocenters. The number of nitrogens with one attached hydrogen (secondary N) is 1. The summed E-state index contributed by atoms with van der Waals surface area (Å²) in [5.41, 5.74) is 1.65. The van der Waals surface area contributed by atoms with Gasteiger partial charge in [0.05, 0.1) is 5.56 Å². The summed E-state index contributed by atoms with van der Waals surface area (Å²) in [4.78, 5) is 0. The highest BCUT2D eigenvalue weighted by Crippen LogP contribution is 2.26. The fourth-order valence-electron chi connectivity index (χ4n) is 1.90. The van der Waals surface area contributed by atoms with Crippen molar-refractivity contribution in [3.8, 4) is 17.6 Å². The number of rotatable bonds is 6. The maximum absolute atomic E-state index is 9.28. The molecule has 108 valence electrons. The van der Waals surface area contributed by atoms with Gasteiger partial charge in [0.2, 0.25) is 0 Å². The fourth-order valence-corrected chi connectivity index (χ4v) is 2.26. The minimum Gasteiger partial charge on any atom is -0.456 e. The van der Waals surface area contributed by atoms with E-state index in [4.69, 9.17) is 4.74 Å². The molecule has 0 bridgehead atoms. The zero-order valence-electron chi connectivity index (χ0n) is 11.9. The second-order valence-corrected chi connectivity index (χ2v) is 5.92. The number of nitriles is 1. The third kappa shape index (κ3) is 4.73. The first kappa shape index (κ1) is 15.8. The van der Waals surface area contributed by atoms with Crippen LogP contribution in [0, 0.1) is 14.9 Å². The summed E-state index contributed by atoms with van der Waals surface area (Å²) >= 11 is 2.25. The van der Waals surface area contributed by atoms with Gasteiger partial charge in [0.15, 0.2) is 0 Å². The zero-order valence-corrected chi connectivity index (χ0v) is 14.1. The van der Waals surface area contributed by atoms with E-state index < -0.39 is 0 Å². The molecule has 0 aromatic heterocycles. The number of hydrogen-bond acceptors (Lipinski definition) is 3. The molecule has 2 aromatic rings. The van der Waals surface area contributed by atoms with Crippen LogP contribution in [0.5, 0.6) is 11.5 Å². The summed E-state index contributed by atoms with van der Waals surface area (Å²) in [5.74, 6) is 1.33. The van der Waals surface area contributed by atoms with E-state index >= 15 is 0 Å². The lowest BCUT2D eigenvalue weighted by molar-refractivity contribution is 0.480. The topological polar surface area (TPSA) is 45.0 Å². The van der Waals surface area contributed by atoms with E-state index in [2.05, 4.69) is 40.9 Å². The highest BCUT2D eigenvalue weighted by Gasteiger charge is 2.06. The van der Waals surface area contributed by atoms with Gasteiger partial charge in [-0.1, -0.05) is 13.0 Å². The average Bonchev–Trinajstić information content (AvgIpc) is 2.51. The molecule has 4 heteroatoms. The van der Waals surface area contributed by atoms with Crippen molar-refractivity contribution in [2.24, 2.45) is 0 Å². The summed E-state index contributed by atoms with van der Waals surface area (Å²) < 4.78 is 6.94.